The Morgan fingerprint density at radius 2 is 1.54 bits per heavy atom. The summed E-state index contributed by atoms with van der Waals surface area (Å²) in [6, 6.07) is 9.50. The summed E-state index contributed by atoms with van der Waals surface area (Å²) >= 11 is 0. The van der Waals surface area contributed by atoms with E-state index >= 15 is 0 Å². The van der Waals surface area contributed by atoms with E-state index in [1.54, 1.807) is 24.3 Å². The molecule has 0 bridgehead atoms. The fraction of sp³-hybridized carbons (Fsp3) is 0.250. The summed E-state index contributed by atoms with van der Waals surface area (Å²) in [7, 11) is 3.75. The molecule has 8 nitrogen and oxygen atoms in total. The second kappa shape index (κ2) is 7.99. The first-order valence-corrected chi connectivity index (χ1v) is 8.65. The molecule has 0 radical (unpaired) electrons. The van der Waals surface area contributed by atoms with Gasteiger partial charge < -0.3 is 20.8 Å². The molecule has 0 aliphatic heterocycles. The number of nitrogens with one attached hydrogen (secondary N) is 2. The first-order chi connectivity index (χ1) is 13.0. The van der Waals surface area contributed by atoms with E-state index in [9.17, 15) is 15.0 Å². The van der Waals surface area contributed by atoms with Gasteiger partial charge in [-0.25, -0.2) is 0 Å². The van der Waals surface area contributed by atoms with Gasteiger partial charge in [-0.2, -0.15) is 0 Å². The fourth-order valence-electron chi connectivity index (χ4n) is 2.75. The maximum absolute atomic E-state index is 11.7. The number of rotatable bonds is 4. The van der Waals surface area contributed by atoms with E-state index in [-0.39, 0.29) is 28.8 Å². The van der Waals surface area contributed by atoms with Crippen molar-refractivity contribution in [1.82, 2.24) is 0 Å². The number of primary amides is 1. The molecular weight excluding hydrogens is 358 g/mol. The predicted molar refractivity (Wildman–Crippen MR) is 111 cm³/mol. The number of carbonyl (C=O) groups is 1. The Hall–Kier alpha value is -3.55. The molecule has 28 heavy (non-hydrogen) atoms. The summed E-state index contributed by atoms with van der Waals surface area (Å²) in [6.07, 6.45) is 0. The van der Waals surface area contributed by atoms with Crippen LogP contribution in [-0.4, -0.2) is 41.9 Å². The van der Waals surface area contributed by atoms with Crippen LogP contribution in [0.5, 0.6) is 11.5 Å². The van der Waals surface area contributed by atoms with Crippen molar-refractivity contribution in [1.29, 1.82) is 10.8 Å². The molecular formula is C20H25N5O3. The van der Waals surface area contributed by atoms with Crippen LogP contribution in [0.2, 0.25) is 0 Å². The Labute approximate surface area is 163 Å². The smallest absolute Gasteiger partial charge is 0.284 e. The number of nitrogens with two attached hydrogens (primary N) is 1. The van der Waals surface area contributed by atoms with Gasteiger partial charge in [0.25, 0.3) is 5.91 Å². The number of carbonyl (C=O) groups excluding carboxylic acids is 1. The number of hydrogen-bond acceptors (Lipinski definition) is 6. The summed E-state index contributed by atoms with van der Waals surface area (Å²) in [5, 5.41) is 37.0. The maximum atomic E-state index is 11.7. The molecule has 0 unspecified atom stereocenters. The second-order valence-electron chi connectivity index (χ2n) is 6.89. The van der Waals surface area contributed by atoms with Crippen molar-refractivity contribution in [2.24, 2.45) is 5.73 Å². The van der Waals surface area contributed by atoms with Crippen LogP contribution < -0.4 is 15.5 Å². The summed E-state index contributed by atoms with van der Waals surface area (Å²) in [4.78, 5) is 14.6. The highest BCUT2D eigenvalue weighted by atomic mass is 16.3. The fourth-order valence-corrected chi connectivity index (χ4v) is 2.75. The standard InChI is InChI=1S/C20H25N5O3/c1-11(2)14-9-15(17(27)10-16(14)26)18(21)25(19(22)20(23)28)13-7-5-12(6-8-13)24(3)4/h5-11,21-22,26-27H,1-4H3,(H2,23,28). The van der Waals surface area contributed by atoms with Gasteiger partial charge in [-0.1, -0.05) is 13.8 Å². The van der Waals surface area contributed by atoms with Crippen molar-refractivity contribution >= 4 is 29.0 Å². The minimum absolute atomic E-state index is 0.0597. The molecule has 0 heterocycles. The quantitative estimate of drug-likeness (QED) is 0.408. The number of benzene rings is 2. The Kier molecular flexibility index (Phi) is 5.93. The van der Waals surface area contributed by atoms with Crippen molar-refractivity contribution in [3.63, 3.8) is 0 Å². The van der Waals surface area contributed by atoms with Gasteiger partial charge in [0.15, 0.2) is 5.84 Å². The van der Waals surface area contributed by atoms with Crippen LogP contribution in [-0.2, 0) is 4.79 Å². The van der Waals surface area contributed by atoms with Crippen molar-refractivity contribution in [3.8, 4) is 11.5 Å². The molecule has 0 aliphatic carbocycles. The van der Waals surface area contributed by atoms with Crippen LogP contribution in [0.15, 0.2) is 36.4 Å². The molecule has 0 spiro atoms. The number of nitrogens with zero attached hydrogens (tertiary/aromatic N) is 2. The highest BCUT2D eigenvalue weighted by molar-refractivity contribution is 6.47. The molecule has 0 aromatic heterocycles. The van der Waals surface area contributed by atoms with Gasteiger partial charge in [0.1, 0.15) is 17.3 Å². The SMILES string of the molecule is CC(C)c1cc(C(=N)N(C(=N)C(N)=O)c2ccc(N(C)C)cc2)c(O)cc1O. The predicted octanol–water partition coefficient (Wildman–Crippen LogP) is 2.58. The lowest BCUT2D eigenvalue weighted by Gasteiger charge is -2.26. The van der Waals surface area contributed by atoms with E-state index in [0.717, 1.165) is 16.7 Å². The number of hydrogen-bond donors (Lipinski definition) is 5. The third kappa shape index (κ3) is 4.06. The lowest BCUT2D eigenvalue weighted by atomic mass is 9.98. The molecule has 0 aliphatic rings. The summed E-state index contributed by atoms with van der Waals surface area (Å²) in [5.74, 6) is -2.41. The van der Waals surface area contributed by atoms with Crippen molar-refractivity contribution in [3.05, 3.63) is 47.5 Å². The van der Waals surface area contributed by atoms with E-state index in [1.807, 2.05) is 32.8 Å². The van der Waals surface area contributed by atoms with Crippen LogP contribution >= 0.6 is 0 Å². The normalized spacial score (nSPS) is 10.6. The highest BCUT2D eigenvalue weighted by Gasteiger charge is 2.26. The molecule has 2 aromatic carbocycles. The Morgan fingerprint density at radius 1 is 1.00 bits per heavy atom. The molecule has 2 aromatic rings. The lowest BCUT2D eigenvalue weighted by Crippen LogP contribution is -2.44. The van der Waals surface area contributed by atoms with Gasteiger partial charge in [-0.15, -0.1) is 0 Å². The van der Waals surface area contributed by atoms with Gasteiger partial charge in [0, 0.05) is 31.5 Å². The minimum atomic E-state index is -1.01. The molecule has 1 amide bonds. The molecule has 0 atom stereocenters. The topological polar surface area (TPSA) is 138 Å². The molecule has 148 valence electrons. The van der Waals surface area contributed by atoms with Crippen LogP contribution in [0.1, 0.15) is 30.9 Å². The highest BCUT2D eigenvalue weighted by Crippen LogP contribution is 2.33. The first-order valence-electron chi connectivity index (χ1n) is 8.65. The third-order valence-corrected chi connectivity index (χ3v) is 4.33. The number of amidine groups is 2. The summed E-state index contributed by atoms with van der Waals surface area (Å²) in [6.45, 7) is 3.73. The van der Waals surface area contributed by atoms with Crippen LogP contribution in [0.3, 0.4) is 0 Å². The number of anilines is 2. The minimum Gasteiger partial charge on any atom is -0.508 e. The van der Waals surface area contributed by atoms with Gasteiger partial charge in [0.05, 0.1) is 5.56 Å². The number of phenols is 2. The largest absolute Gasteiger partial charge is 0.508 e. The zero-order valence-corrected chi connectivity index (χ0v) is 16.3. The zero-order chi connectivity index (χ0) is 21.2. The van der Waals surface area contributed by atoms with E-state index in [4.69, 9.17) is 16.6 Å². The Morgan fingerprint density at radius 3 is 2.00 bits per heavy atom. The third-order valence-electron chi connectivity index (χ3n) is 4.33. The maximum Gasteiger partial charge on any atom is 0.284 e. The average molecular weight is 383 g/mol. The van der Waals surface area contributed by atoms with E-state index < -0.39 is 11.7 Å². The molecule has 0 saturated heterocycles. The Balaban J connectivity index is 2.59. The molecule has 0 saturated carbocycles. The van der Waals surface area contributed by atoms with Gasteiger partial charge in [-0.05, 0) is 41.8 Å². The number of aromatic hydroxyl groups is 2. The molecule has 2 rings (SSSR count). The van der Waals surface area contributed by atoms with Crippen LogP contribution in [0, 0.1) is 10.8 Å². The van der Waals surface area contributed by atoms with E-state index in [0.29, 0.717) is 11.3 Å². The van der Waals surface area contributed by atoms with Gasteiger partial charge >= 0.3 is 0 Å². The lowest BCUT2D eigenvalue weighted by molar-refractivity contribution is -0.112. The van der Waals surface area contributed by atoms with Crippen LogP contribution in [0.4, 0.5) is 11.4 Å². The number of amides is 1. The number of phenolic OH excluding ortho intramolecular Hbond substituents is 2. The summed E-state index contributed by atoms with van der Waals surface area (Å²) < 4.78 is 0. The zero-order valence-electron chi connectivity index (χ0n) is 16.3. The summed E-state index contributed by atoms with van der Waals surface area (Å²) in [5.41, 5.74) is 7.17. The van der Waals surface area contributed by atoms with Crippen molar-refractivity contribution < 1.29 is 15.0 Å². The van der Waals surface area contributed by atoms with Crippen molar-refractivity contribution in [2.75, 3.05) is 23.9 Å². The second-order valence-corrected chi connectivity index (χ2v) is 6.89. The Bertz CT molecular complexity index is 920. The first kappa shape index (κ1) is 20.8. The average Bonchev–Trinajstić information content (AvgIpc) is 2.61. The molecule has 8 heteroatoms. The van der Waals surface area contributed by atoms with E-state index in [2.05, 4.69) is 0 Å². The monoisotopic (exact) mass is 383 g/mol. The van der Waals surface area contributed by atoms with Crippen LogP contribution in [0.25, 0.3) is 0 Å². The van der Waals surface area contributed by atoms with Gasteiger partial charge in [-0.3, -0.25) is 20.5 Å². The molecule has 0 fully saturated rings. The van der Waals surface area contributed by atoms with E-state index in [1.165, 1.54) is 6.07 Å². The van der Waals surface area contributed by atoms with Gasteiger partial charge in [0.2, 0.25) is 0 Å². The van der Waals surface area contributed by atoms with Crippen molar-refractivity contribution in [2.45, 2.75) is 19.8 Å². The molecule has 6 N–H and O–H groups in total.